The Labute approximate surface area is 219 Å². The normalized spacial score (nSPS) is 16.1. The number of benzene rings is 2. The molecule has 1 fully saturated rings. The van der Waals surface area contributed by atoms with Gasteiger partial charge in [-0.1, -0.05) is 47.5 Å². The fraction of sp³-hybridized carbons (Fsp3) is 0.500. The fourth-order valence-electron chi connectivity index (χ4n) is 4.41. The van der Waals surface area contributed by atoms with Crippen molar-refractivity contribution in [3.63, 3.8) is 0 Å². The molecule has 0 aliphatic carbocycles. The average molecular weight is 519 g/mol. The van der Waals surface area contributed by atoms with E-state index in [0.717, 1.165) is 46.0 Å². The van der Waals surface area contributed by atoms with E-state index in [1.807, 2.05) is 44.2 Å². The van der Waals surface area contributed by atoms with Crippen molar-refractivity contribution in [3.05, 3.63) is 64.2 Å². The van der Waals surface area contributed by atoms with Crippen molar-refractivity contribution >= 4 is 23.2 Å². The standard InChI is InChI=1S/C19H29ClN2O.C7H8.Y/c1-5-22(10-8-6-7-9-11-22)16(4)19(23)21-18-14(2)12-17(20)13-15(18)3;1-7-5-3-2-4-6-7;/h12-13,16H,5-11H2,1-4H3;2-6H,1H3;/p+1. The van der Waals surface area contributed by atoms with E-state index in [1.54, 1.807) is 0 Å². The number of nitrogens with zero attached hydrogens (tertiary/aromatic N) is 1. The van der Waals surface area contributed by atoms with Gasteiger partial charge in [0.25, 0.3) is 5.91 Å². The van der Waals surface area contributed by atoms with Crippen LogP contribution >= 0.6 is 11.6 Å². The van der Waals surface area contributed by atoms with Crippen LogP contribution < -0.4 is 5.32 Å². The number of carbonyl (C=O) groups excluding carboxylic acids is 1. The van der Waals surface area contributed by atoms with Crippen LogP contribution in [0.2, 0.25) is 5.02 Å². The first-order valence-electron chi connectivity index (χ1n) is 11.2. The molecule has 5 heteroatoms. The van der Waals surface area contributed by atoms with Gasteiger partial charge in [0.1, 0.15) is 0 Å². The predicted octanol–water partition coefficient (Wildman–Crippen LogP) is 6.69. The average Bonchev–Trinajstić information content (AvgIpc) is 2.97. The number of amides is 1. The third-order valence-corrected chi connectivity index (χ3v) is 6.69. The molecule has 167 valence electrons. The van der Waals surface area contributed by atoms with Crippen LogP contribution in [0.5, 0.6) is 0 Å². The summed E-state index contributed by atoms with van der Waals surface area (Å²) in [4.78, 5) is 12.9. The van der Waals surface area contributed by atoms with Gasteiger partial charge in [-0.2, -0.15) is 0 Å². The molecule has 0 spiro atoms. The van der Waals surface area contributed by atoms with Gasteiger partial charge >= 0.3 is 0 Å². The van der Waals surface area contributed by atoms with Crippen molar-refractivity contribution < 1.29 is 42.0 Å². The SMILES string of the molecule is CC[N+]1(C(C)C(=O)Nc2c(C)cc(Cl)cc2C)CCCCCC1.Cc1ccccc1.[Y]. The van der Waals surface area contributed by atoms with Crippen LogP contribution in [0.15, 0.2) is 42.5 Å². The number of hydrogen-bond acceptors (Lipinski definition) is 1. The number of nitrogens with one attached hydrogen (secondary N) is 1. The van der Waals surface area contributed by atoms with Crippen molar-refractivity contribution in [1.29, 1.82) is 0 Å². The summed E-state index contributed by atoms with van der Waals surface area (Å²) in [7, 11) is 0. The minimum Gasteiger partial charge on any atom is -0.320 e. The fourth-order valence-corrected chi connectivity index (χ4v) is 4.74. The number of hydrogen-bond donors (Lipinski definition) is 1. The number of anilines is 1. The third-order valence-electron chi connectivity index (χ3n) is 6.47. The number of rotatable bonds is 4. The molecule has 1 amide bonds. The predicted molar refractivity (Wildman–Crippen MR) is 129 cm³/mol. The van der Waals surface area contributed by atoms with E-state index >= 15 is 0 Å². The summed E-state index contributed by atoms with van der Waals surface area (Å²) in [6.07, 6.45) is 5.04. The van der Waals surface area contributed by atoms with E-state index in [1.165, 1.54) is 31.2 Å². The summed E-state index contributed by atoms with van der Waals surface area (Å²) >= 11 is 6.09. The first-order valence-corrected chi connectivity index (χ1v) is 11.6. The molecule has 1 heterocycles. The molecule has 1 atom stereocenters. The zero-order valence-corrected chi connectivity index (χ0v) is 23.5. The molecule has 2 aromatic rings. The summed E-state index contributed by atoms with van der Waals surface area (Å²) in [5.74, 6) is 0.127. The number of likely N-dealkylation sites (N-methyl/N-ethyl adjacent to an activating group) is 1. The topological polar surface area (TPSA) is 29.1 Å². The van der Waals surface area contributed by atoms with E-state index in [-0.39, 0.29) is 44.7 Å². The molecule has 2 aromatic carbocycles. The van der Waals surface area contributed by atoms with Crippen LogP contribution in [0, 0.1) is 20.8 Å². The first-order chi connectivity index (χ1) is 14.3. The Morgan fingerprint density at radius 1 is 1.00 bits per heavy atom. The van der Waals surface area contributed by atoms with E-state index < -0.39 is 0 Å². The molecule has 3 nitrogen and oxygen atoms in total. The van der Waals surface area contributed by atoms with Crippen LogP contribution in [-0.2, 0) is 37.5 Å². The van der Waals surface area contributed by atoms with E-state index in [0.29, 0.717) is 0 Å². The Morgan fingerprint density at radius 2 is 1.52 bits per heavy atom. The van der Waals surface area contributed by atoms with Gasteiger partial charge in [0, 0.05) is 43.4 Å². The molecule has 1 saturated heterocycles. The molecular formula is C26H38ClN2OY+. The Hall–Kier alpha value is -0.736. The van der Waals surface area contributed by atoms with Gasteiger partial charge in [-0.3, -0.25) is 4.79 Å². The molecule has 3 rings (SSSR count). The monoisotopic (exact) mass is 518 g/mol. The number of likely N-dealkylation sites (tertiary alicyclic amines) is 1. The number of aryl methyl sites for hydroxylation is 3. The number of carbonyl (C=O) groups is 1. The van der Waals surface area contributed by atoms with Crippen LogP contribution in [0.3, 0.4) is 0 Å². The van der Waals surface area contributed by atoms with Gasteiger partial charge in [-0.25, -0.2) is 0 Å². The Bertz CT molecular complexity index is 794. The minimum atomic E-state index is -0.0208. The maximum absolute atomic E-state index is 12.9. The van der Waals surface area contributed by atoms with Gasteiger partial charge in [-0.15, -0.1) is 0 Å². The van der Waals surface area contributed by atoms with Crippen LogP contribution in [0.1, 0.15) is 56.2 Å². The summed E-state index contributed by atoms with van der Waals surface area (Å²) < 4.78 is 0.914. The molecule has 1 radical (unpaired) electrons. The zero-order chi connectivity index (χ0) is 22.1. The van der Waals surface area contributed by atoms with Crippen molar-refractivity contribution in [1.82, 2.24) is 0 Å². The first kappa shape index (κ1) is 28.3. The molecule has 0 bridgehead atoms. The smallest absolute Gasteiger partial charge is 0.282 e. The second-order valence-corrected chi connectivity index (χ2v) is 9.07. The summed E-state index contributed by atoms with van der Waals surface area (Å²) in [6.45, 7) is 13.6. The van der Waals surface area contributed by atoms with Gasteiger partial charge in [0.05, 0.1) is 19.6 Å². The maximum atomic E-state index is 12.9. The second-order valence-electron chi connectivity index (χ2n) is 8.63. The Balaban J connectivity index is 0.000000510. The summed E-state index contributed by atoms with van der Waals surface area (Å²) in [5, 5.41) is 3.89. The Kier molecular flexibility index (Phi) is 12.5. The van der Waals surface area contributed by atoms with Gasteiger partial charge in [0.15, 0.2) is 6.04 Å². The van der Waals surface area contributed by atoms with Crippen LogP contribution in [0.25, 0.3) is 0 Å². The quantitative estimate of drug-likeness (QED) is 0.449. The molecule has 0 saturated carbocycles. The van der Waals surface area contributed by atoms with Crippen LogP contribution in [0.4, 0.5) is 5.69 Å². The minimum absolute atomic E-state index is 0. The zero-order valence-electron chi connectivity index (χ0n) is 19.9. The molecular weight excluding hydrogens is 481 g/mol. The molecule has 0 aromatic heterocycles. The molecule has 1 unspecified atom stereocenters. The number of quaternary nitrogens is 1. The molecule has 31 heavy (non-hydrogen) atoms. The van der Waals surface area contributed by atoms with Crippen molar-refractivity contribution in [2.24, 2.45) is 0 Å². The van der Waals surface area contributed by atoms with E-state index in [2.05, 4.69) is 38.2 Å². The molecule has 1 N–H and O–H groups in total. The van der Waals surface area contributed by atoms with Gasteiger partial charge < -0.3 is 9.80 Å². The molecule has 1 aliphatic heterocycles. The van der Waals surface area contributed by atoms with Crippen LogP contribution in [-0.4, -0.2) is 36.1 Å². The summed E-state index contributed by atoms with van der Waals surface area (Å²) in [5.41, 5.74) is 4.28. The van der Waals surface area contributed by atoms with Crippen molar-refractivity contribution in [2.75, 3.05) is 25.0 Å². The van der Waals surface area contributed by atoms with Gasteiger partial charge in [-0.05, 0) is 83.6 Å². The Morgan fingerprint density at radius 3 is 1.94 bits per heavy atom. The molecule has 1 aliphatic rings. The number of halogens is 1. The van der Waals surface area contributed by atoms with E-state index in [4.69, 9.17) is 11.6 Å². The third kappa shape index (κ3) is 8.28. The second kappa shape index (κ2) is 13.7. The van der Waals surface area contributed by atoms with E-state index in [9.17, 15) is 4.79 Å². The summed E-state index contributed by atoms with van der Waals surface area (Å²) in [6, 6.07) is 14.1. The largest absolute Gasteiger partial charge is 0.320 e. The van der Waals surface area contributed by atoms with Gasteiger partial charge in [0.2, 0.25) is 0 Å². The van der Waals surface area contributed by atoms with Crippen molar-refractivity contribution in [2.45, 2.75) is 66.3 Å². The van der Waals surface area contributed by atoms with Crippen molar-refractivity contribution in [3.8, 4) is 0 Å². The maximum Gasteiger partial charge on any atom is 0.282 e.